The highest BCUT2D eigenvalue weighted by molar-refractivity contribution is 8.18. The first kappa shape index (κ1) is 24.2. The van der Waals surface area contributed by atoms with Crippen molar-refractivity contribution in [3.63, 3.8) is 0 Å². The number of carbonyl (C=O) groups excluding carboxylic acids is 1. The Morgan fingerprint density at radius 1 is 1.09 bits per heavy atom. The molecule has 1 heterocycles. The Kier molecular flexibility index (Phi) is 8.26. The molecule has 0 saturated carbocycles. The van der Waals surface area contributed by atoms with E-state index in [4.69, 9.17) is 21.1 Å². The normalized spacial score (nSPS) is 16.6. The second kappa shape index (κ2) is 10.9. The van der Waals surface area contributed by atoms with E-state index in [0.717, 1.165) is 16.3 Å². The molecule has 0 radical (unpaired) electrons. The average molecular weight is 473 g/mol. The zero-order chi connectivity index (χ0) is 23.3. The van der Waals surface area contributed by atoms with Gasteiger partial charge in [0.15, 0.2) is 16.7 Å². The Morgan fingerprint density at radius 2 is 1.84 bits per heavy atom. The Balaban J connectivity index is 1.85. The van der Waals surface area contributed by atoms with Crippen LogP contribution in [-0.4, -0.2) is 34.7 Å². The van der Waals surface area contributed by atoms with Crippen LogP contribution < -0.4 is 9.47 Å². The summed E-state index contributed by atoms with van der Waals surface area (Å²) in [4.78, 5) is 20.0. The monoisotopic (exact) mass is 472 g/mol. The van der Waals surface area contributed by atoms with Crippen molar-refractivity contribution in [2.75, 3.05) is 6.61 Å². The van der Waals surface area contributed by atoms with Gasteiger partial charge < -0.3 is 9.47 Å². The van der Waals surface area contributed by atoms with Crippen LogP contribution >= 0.6 is 23.4 Å². The van der Waals surface area contributed by atoms with Crippen LogP contribution in [0.25, 0.3) is 6.08 Å². The van der Waals surface area contributed by atoms with Gasteiger partial charge in [-0.2, -0.15) is 0 Å². The minimum atomic E-state index is -0.0265. The van der Waals surface area contributed by atoms with Crippen molar-refractivity contribution in [1.29, 1.82) is 0 Å². The fraction of sp³-hybridized carbons (Fsp3) is 0.360. The van der Waals surface area contributed by atoms with E-state index in [9.17, 15) is 4.79 Å². The summed E-state index contributed by atoms with van der Waals surface area (Å²) in [6.07, 6.45) is 1.88. The molecule has 170 valence electrons. The first-order valence-electron chi connectivity index (χ1n) is 10.7. The van der Waals surface area contributed by atoms with Crippen LogP contribution in [0.5, 0.6) is 11.5 Å². The minimum Gasteiger partial charge on any atom is -0.490 e. The lowest BCUT2D eigenvalue weighted by Gasteiger charge is -2.20. The summed E-state index contributed by atoms with van der Waals surface area (Å²) < 4.78 is 11.8. The van der Waals surface area contributed by atoms with Gasteiger partial charge in [0.2, 0.25) is 0 Å². The molecule has 1 fully saturated rings. The first-order chi connectivity index (χ1) is 15.3. The third-order valence-corrected chi connectivity index (χ3v) is 5.99. The molecule has 1 amide bonds. The second-order valence-corrected chi connectivity index (χ2v) is 9.32. The molecule has 2 aromatic carbocycles. The van der Waals surface area contributed by atoms with Crippen molar-refractivity contribution in [2.24, 2.45) is 4.99 Å². The lowest BCUT2D eigenvalue weighted by Crippen LogP contribution is -2.35. The van der Waals surface area contributed by atoms with Crippen LogP contribution in [0.1, 0.15) is 45.7 Å². The van der Waals surface area contributed by atoms with Gasteiger partial charge in [-0.1, -0.05) is 35.9 Å². The van der Waals surface area contributed by atoms with Crippen molar-refractivity contribution in [3.05, 3.63) is 63.5 Å². The quantitative estimate of drug-likeness (QED) is 0.417. The Hall–Kier alpha value is -2.44. The maximum atomic E-state index is 13.0. The van der Waals surface area contributed by atoms with E-state index in [1.807, 2.05) is 83.2 Å². The van der Waals surface area contributed by atoms with Gasteiger partial charge in [0.25, 0.3) is 5.91 Å². The van der Waals surface area contributed by atoms with E-state index in [2.05, 4.69) is 4.99 Å². The molecule has 0 unspecified atom stereocenters. The standard InChI is InChI=1S/C25H29ClN2O3S/c1-6-30-22-13-18(11-12-21(22)31-15-19-9-7-8-10-20(19)26)14-23-24(29)28(17(4)5)25(32-23)27-16(2)3/h7-14,16-17H,6,15H2,1-5H3/b23-14+,27-25?. The van der Waals surface area contributed by atoms with Gasteiger partial charge >= 0.3 is 0 Å². The number of aliphatic imine (C=N–C) groups is 1. The van der Waals surface area contributed by atoms with Gasteiger partial charge in [0.1, 0.15) is 6.61 Å². The lowest BCUT2D eigenvalue weighted by atomic mass is 10.1. The SMILES string of the molecule is CCOc1cc(/C=C2/SC(=NC(C)C)N(C(C)C)C2=O)ccc1OCc1ccccc1Cl. The largest absolute Gasteiger partial charge is 0.490 e. The van der Waals surface area contributed by atoms with Gasteiger partial charge in [-0.25, -0.2) is 0 Å². The maximum Gasteiger partial charge on any atom is 0.266 e. The number of benzene rings is 2. The average Bonchev–Trinajstić information content (AvgIpc) is 3.03. The third kappa shape index (κ3) is 5.87. The molecular formula is C25H29ClN2O3S. The minimum absolute atomic E-state index is 0.0265. The fourth-order valence-electron chi connectivity index (χ4n) is 3.18. The molecule has 0 aromatic heterocycles. The Labute approximate surface area is 199 Å². The van der Waals surface area contributed by atoms with Crippen molar-refractivity contribution in [2.45, 2.75) is 53.3 Å². The number of amidine groups is 1. The molecule has 1 aliphatic rings. The number of halogens is 1. The number of ether oxygens (including phenoxy) is 2. The molecule has 32 heavy (non-hydrogen) atoms. The second-order valence-electron chi connectivity index (χ2n) is 7.90. The van der Waals surface area contributed by atoms with Crippen LogP contribution in [0, 0.1) is 0 Å². The third-order valence-electron chi connectivity index (χ3n) is 4.63. The number of carbonyl (C=O) groups is 1. The molecule has 5 nitrogen and oxygen atoms in total. The summed E-state index contributed by atoms with van der Waals surface area (Å²) in [6.45, 7) is 10.8. The predicted octanol–water partition coefficient (Wildman–Crippen LogP) is 6.41. The van der Waals surface area contributed by atoms with E-state index >= 15 is 0 Å². The van der Waals surface area contributed by atoms with E-state index in [1.165, 1.54) is 11.8 Å². The molecule has 0 N–H and O–H groups in total. The zero-order valence-electron chi connectivity index (χ0n) is 19.1. The van der Waals surface area contributed by atoms with Crippen molar-refractivity contribution in [1.82, 2.24) is 4.90 Å². The highest BCUT2D eigenvalue weighted by Gasteiger charge is 2.35. The van der Waals surface area contributed by atoms with E-state index in [0.29, 0.717) is 34.6 Å². The van der Waals surface area contributed by atoms with Gasteiger partial charge in [0, 0.05) is 22.7 Å². The molecule has 0 bridgehead atoms. The summed E-state index contributed by atoms with van der Waals surface area (Å²) >= 11 is 7.65. The topological polar surface area (TPSA) is 51.1 Å². The van der Waals surface area contributed by atoms with Crippen LogP contribution in [0.4, 0.5) is 0 Å². The molecule has 3 rings (SSSR count). The highest BCUT2D eigenvalue weighted by atomic mass is 35.5. The predicted molar refractivity (Wildman–Crippen MR) is 134 cm³/mol. The molecule has 2 aromatic rings. The fourth-order valence-corrected chi connectivity index (χ4v) is 4.60. The first-order valence-corrected chi connectivity index (χ1v) is 11.9. The number of rotatable bonds is 8. The number of hydrogen-bond acceptors (Lipinski definition) is 5. The van der Waals surface area contributed by atoms with Gasteiger partial charge in [-0.05, 0) is 76.2 Å². The van der Waals surface area contributed by atoms with Crippen LogP contribution in [0.2, 0.25) is 5.02 Å². The van der Waals surface area contributed by atoms with Gasteiger partial charge in [-0.3, -0.25) is 14.7 Å². The van der Waals surface area contributed by atoms with Crippen molar-refractivity contribution >= 4 is 40.5 Å². The van der Waals surface area contributed by atoms with Gasteiger partial charge in [-0.15, -0.1) is 0 Å². The van der Waals surface area contributed by atoms with E-state index in [1.54, 1.807) is 4.90 Å². The Bertz CT molecular complexity index is 1030. The van der Waals surface area contributed by atoms with Gasteiger partial charge in [0.05, 0.1) is 11.5 Å². The maximum absolute atomic E-state index is 13.0. The summed E-state index contributed by atoms with van der Waals surface area (Å²) in [6, 6.07) is 13.4. The van der Waals surface area contributed by atoms with E-state index in [-0.39, 0.29) is 18.0 Å². The molecule has 1 saturated heterocycles. The summed E-state index contributed by atoms with van der Waals surface area (Å²) in [5, 5.41) is 1.41. The smallest absolute Gasteiger partial charge is 0.266 e. The molecular weight excluding hydrogens is 444 g/mol. The van der Waals surface area contributed by atoms with Crippen LogP contribution in [0.15, 0.2) is 52.4 Å². The van der Waals surface area contributed by atoms with Crippen molar-refractivity contribution < 1.29 is 14.3 Å². The Morgan fingerprint density at radius 3 is 2.50 bits per heavy atom. The number of hydrogen-bond donors (Lipinski definition) is 0. The van der Waals surface area contributed by atoms with Crippen molar-refractivity contribution in [3.8, 4) is 11.5 Å². The summed E-state index contributed by atoms with van der Waals surface area (Å²) in [5.41, 5.74) is 1.77. The van der Waals surface area contributed by atoms with E-state index < -0.39 is 0 Å². The molecule has 0 atom stereocenters. The molecule has 7 heteroatoms. The molecule has 1 aliphatic heterocycles. The lowest BCUT2D eigenvalue weighted by molar-refractivity contribution is -0.123. The summed E-state index contributed by atoms with van der Waals surface area (Å²) in [5.74, 6) is 1.23. The van der Waals surface area contributed by atoms with Crippen LogP contribution in [0.3, 0.4) is 0 Å². The number of thioether (sulfide) groups is 1. The summed E-state index contributed by atoms with van der Waals surface area (Å²) in [7, 11) is 0. The molecule has 0 spiro atoms. The number of nitrogens with zero attached hydrogens (tertiary/aromatic N) is 2. The number of amides is 1. The highest BCUT2D eigenvalue weighted by Crippen LogP contribution is 2.36. The van der Waals surface area contributed by atoms with Crippen LogP contribution in [-0.2, 0) is 11.4 Å². The zero-order valence-corrected chi connectivity index (χ0v) is 20.7. The molecule has 0 aliphatic carbocycles.